The fourth-order valence-corrected chi connectivity index (χ4v) is 3.09. The molecule has 0 bridgehead atoms. The molecule has 2 aromatic carbocycles. The van der Waals surface area contributed by atoms with Crippen LogP contribution in [0.15, 0.2) is 67.0 Å². The summed E-state index contributed by atoms with van der Waals surface area (Å²) in [6.07, 6.45) is 5.40. The van der Waals surface area contributed by atoms with Crippen molar-refractivity contribution in [3.63, 3.8) is 0 Å². The lowest BCUT2D eigenvalue weighted by Gasteiger charge is -2.27. The molecular weight excluding hydrogens is 324 g/mol. The van der Waals surface area contributed by atoms with Gasteiger partial charge in [-0.25, -0.2) is 9.97 Å². The zero-order chi connectivity index (χ0) is 17.6. The summed E-state index contributed by atoms with van der Waals surface area (Å²) in [5.41, 5.74) is 0.966. The van der Waals surface area contributed by atoms with Crippen LogP contribution in [0.4, 0.5) is 17.3 Å². The molecule has 1 fully saturated rings. The Balaban J connectivity index is 1.42. The zero-order valence-electron chi connectivity index (χ0n) is 14.6. The summed E-state index contributed by atoms with van der Waals surface area (Å²) < 4.78 is 5.82. The summed E-state index contributed by atoms with van der Waals surface area (Å²) >= 11 is 0. The van der Waals surface area contributed by atoms with Crippen molar-refractivity contribution in [3.05, 3.63) is 67.0 Å². The van der Waals surface area contributed by atoms with Crippen molar-refractivity contribution < 1.29 is 4.74 Å². The van der Waals surface area contributed by atoms with Crippen molar-refractivity contribution in [1.82, 2.24) is 9.97 Å². The quantitative estimate of drug-likeness (QED) is 0.704. The zero-order valence-corrected chi connectivity index (χ0v) is 14.6. The summed E-state index contributed by atoms with van der Waals surface area (Å²) in [6.45, 7) is 2.14. The Kier molecular flexibility index (Phi) is 4.96. The highest BCUT2D eigenvalue weighted by Crippen LogP contribution is 2.25. The first-order chi connectivity index (χ1) is 12.9. The van der Waals surface area contributed by atoms with Crippen LogP contribution in [-0.2, 0) is 0 Å². The molecule has 0 unspecified atom stereocenters. The van der Waals surface area contributed by atoms with Crippen molar-refractivity contribution in [2.75, 3.05) is 23.3 Å². The van der Waals surface area contributed by atoms with Crippen molar-refractivity contribution in [2.24, 2.45) is 0 Å². The van der Waals surface area contributed by atoms with Gasteiger partial charge < -0.3 is 15.0 Å². The lowest BCUT2D eigenvalue weighted by molar-refractivity contribution is 0.483. The monoisotopic (exact) mass is 346 g/mol. The van der Waals surface area contributed by atoms with Gasteiger partial charge in [0.2, 0.25) is 0 Å². The molecule has 26 heavy (non-hydrogen) atoms. The average molecular weight is 346 g/mol. The van der Waals surface area contributed by atoms with Gasteiger partial charge in [-0.3, -0.25) is 0 Å². The molecule has 3 aromatic rings. The predicted molar refractivity (Wildman–Crippen MR) is 104 cm³/mol. The molecule has 1 aromatic heterocycles. The Morgan fingerprint density at radius 3 is 2.31 bits per heavy atom. The Morgan fingerprint density at radius 2 is 1.54 bits per heavy atom. The second kappa shape index (κ2) is 7.87. The minimum atomic E-state index is 0.803. The van der Waals surface area contributed by atoms with E-state index in [0.717, 1.165) is 41.9 Å². The van der Waals surface area contributed by atoms with Gasteiger partial charge in [-0.15, -0.1) is 0 Å². The summed E-state index contributed by atoms with van der Waals surface area (Å²) in [7, 11) is 0. The third-order valence-corrected chi connectivity index (χ3v) is 4.44. The third-order valence-electron chi connectivity index (χ3n) is 4.44. The highest BCUT2D eigenvalue weighted by Gasteiger charge is 2.12. The SMILES string of the molecule is c1ccc(Oc2ccc(Nc3cc(N4CCCCC4)ncn3)cc2)cc1. The molecule has 5 heteroatoms. The minimum absolute atomic E-state index is 0.803. The maximum atomic E-state index is 5.82. The molecule has 0 saturated carbocycles. The van der Waals surface area contributed by atoms with E-state index in [2.05, 4.69) is 20.2 Å². The van der Waals surface area contributed by atoms with Crippen LogP contribution in [0.1, 0.15) is 19.3 Å². The van der Waals surface area contributed by atoms with Gasteiger partial charge in [0, 0.05) is 24.8 Å². The molecule has 0 spiro atoms. The van der Waals surface area contributed by atoms with Crippen LogP contribution in [0.2, 0.25) is 0 Å². The first kappa shape index (κ1) is 16.4. The van der Waals surface area contributed by atoms with Crippen LogP contribution < -0.4 is 15.0 Å². The number of nitrogens with one attached hydrogen (secondary N) is 1. The van der Waals surface area contributed by atoms with Gasteiger partial charge in [0.25, 0.3) is 0 Å². The lowest BCUT2D eigenvalue weighted by Crippen LogP contribution is -2.30. The Labute approximate surface area is 153 Å². The van der Waals surface area contributed by atoms with E-state index in [4.69, 9.17) is 4.74 Å². The summed E-state index contributed by atoms with van der Waals surface area (Å²) in [5.74, 6) is 3.43. The van der Waals surface area contributed by atoms with Crippen LogP contribution in [0, 0.1) is 0 Å². The molecule has 132 valence electrons. The lowest BCUT2D eigenvalue weighted by atomic mass is 10.1. The fourth-order valence-electron chi connectivity index (χ4n) is 3.09. The summed E-state index contributed by atoms with van der Waals surface area (Å²) in [6, 6.07) is 19.6. The van der Waals surface area contributed by atoms with Crippen LogP contribution >= 0.6 is 0 Å². The van der Waals surface area contributed by atoms with E-state index in [1.165, 1.54) is 19.3 Å². The van der Waals surface area contributed by atoms with Crippen molar-refractivity contribution >= 4 is 17.3 Å². The number of hydrogen-bond acceptors (Lipinski definition) is 5. The molecule has 2 heterocycles. The second-order valence-electron chi connectivity index (χ2n) is 6.37. The molecule has 0 amide bonds. The molecule has 0 atom stereocenters. The van der Waals surface area contributed by atoms with Gasteiger partial charge in [0.05, 0.1) is 0 Å². The van der Waals surface area contributed by atoms with Crippen molar-refractivity contribution in [3.8, 4) is 11.5 Å². The smallest absolute Gasteiger partial charge is 0.135 e. The highest BCUT2D eigenvalue weighted by molar-refractivity contribution is 5.60. The molecule has 5 nitrogen and oxygen atoms in total. The standard InChI is InChI=1S/C21H22N4O/c1-3-7-18(8-4-1)26-19-11-9-17(10-12-19)24-20-15-21(23-16-22-20)25-13-5-2-6-14-25/h1,3-4,7-12,15-16H,2,5-6,13-14H2,(H,22,23,24). The Morgan fingerprint density at radius 1 is 0.808 bits per heavy atom. The number of nitrogens with zero attached hydrogens (tertiary/aromatic N) is 3. The maximum Gasteiger partial charge on any atom is 0.135 e. The van der Waals surface area contributed by atoms with Gasteiger partial charge in [0.15, 0.2) is 0 Å². The van der Waals surface area contributed by atoms with Gasteiger partial charge in [0.1, 0.15) is 29.5 Å². The van der Waals surface area contributed by atoms with E-state index in [1.54, 1.807) is 6.33 Å². The van der Waals surface area contributed by atoms with Gasteiger partial charge >= 0.3 is 0 Å². The van der Waals surface area contributed by atoms with Crippen LogP contribution in [0.25, 0.3) is 0 Å². The predicted octanol–water partition coefficient (Wildman–Crippen LogP) is 5.00. The molecule has 4 rings (SSSR count). The molecule has 1 aliphatic heterocycles. The highest BCUT2D eigenvalue weighted by atomic mass is 16.5. The second-order valence-corrected chi connectivity index (χ2v) is 6.37. The molecule has 1 saturated heterocycles. The van der Waals surface area contributed by atoms with E-state index in [1.807, 2.05) is 60.7 Å². The van der Waals surface area contributed by atoms with Gasteiger partial charge in [-0.1, -0.05) is 18.2 Å². The number of piperidine rings is 1. The number of hydrogen-bond donors (Lipinski definition) is 1. The molecule has 1 N–H and O–H groups in total. The normalized spacial score (nSPS) is 14.1. The van der Waals surface area contributed by atoms with Crippen molar-refractivity contribution in [1.29, 1.82) is 0 Å². The fraction of sp³-hybridized carbons (Fsp3) is 0.238. The van der Waals surface area contributed by atoms with Gasteiger partial charge in [-0.05, 0) is 55.7 Å². The van der Waals surface area contributed by atoms with Crippen LogP contribution in [0.3, 0.4) is 0 Å². The minimum Gasteiger partial charge on any atom is -0.457 e. The summed E-state index contributed by atoms with van der Waals surface area (Å²) in [4.78, 5) is 11.1. The van der Waals surface area contributed by atoms with E-state index < -0.39 is 0 Å². The topological polar surface area (TPSA) is 50.3 Å². The summed E-state index contributed by atoms with van der Waals surface area (Å²) in [5, 5.41) is 3.34. The number of para-hydroxylation sites is 1. The first-order valence-electron chi connectivity index (χ1n) is 9.04. The molecule has 0 radical (unpaired) electrons. The van der Waals surface area contributed by atoms with Crippen LogP contribution in [-0.4, -0.2) is 23.1 Å². The Bertz CT molecular complexity index is 830. The van der Waals surface area contributed by atoms with E-state index in [9.17, 15) is 0 Å². The largest absolute Gasteiger partial charge is 0.457 e. The molecule has 1 aliphatic rings. The first-order valence-corrected chi connectivity index (χ1v) is 9.04. The number of benzene rings is 2. The number of ether oxygens (including phenoxy) is 1. The van der Waals surface area contributed by atoms with Crippen molar-refractivity contribution in [2.45, 2.75) is 19.3 Å². The molecular formula is C21H22N4O. The van der Waals surface area contributed by atoms with E-state index in [0.29, 0.717) is 0 Å². The van der Waals surface area contributed by atoms with E-state index >= 15 is 0 Å². The number of rotatable bonds is 5. The Hall–Kier alpha value is -3.08. The van der Waals surface area contributed by atoms with Crippen LogP contribution in [0.5, 0.6) is 11.5 Å². The van der Waals surface area contributed by atoms with E-state index in [-0.39, 0.29) is 0 Å². The number of anilines is 3. The van der Waals surface area contributed by atoms with Gasteiger partial charge in [-0.2, -0.15) is 0 Å². The third kappa shape index (κ3) is 4.11. The average Bonchev–Trinajstić information content (AvgIpc) is 2.71. The molecule has 0 aliphatic carbocycles. The number of aromatic nitrogens is 2. The maximum absolute atomic E-state index is 5.82.